The number of benzene rings is 1. The van der Waals surface area contributed by atoms with Crippen molar-refractivity contribution in [2.45, 2.75) is 39.7 Å². The summed E-state index contributed by atoms with van der Waals surface area (Å²) in [5.74, 6) is -0.911. The second-order valence-electron chi connectivity index (χ2n) is 8.28. The summed E-state index contributed by atoms with van der Waals surface area (Å²) in [4.78, 5) is 43.4. The number of rotatable bonds is 6. The molecule has 0 amide bonds. The summed E-state index contributed by atoms with van der Waals surface area (Å²) in [6, 6.07) is 8.29. The number of hydrogen-bond acceptors (Lipinski definition) is 6. The van der Waals surface area contributed by atoms with Gasteiger partial charge in [-0.05, 0) is 62.4 Å². The van der Waals surface area contributed by atoms with Gasteiger partial charge in [0.05, 0.1) is 12.5 Å². The Bertz CT molecular complexity index is 1460. The van der Waals surface area contributed by atoms with Crippen molar-refractivity contribution < 1.29 is 14.3 Å². The Kier molecular flexibility index (Phi) is 5.16. The average molecular weight is 445 g/mol. The number of Topliss-reactive ketones (excluding diaryl/α,β-unsaturated/α-hetero) is 1. The van der Waals surface area contributed by atoms with Crippen LogP contribution >= 0.6 is 0 Å². The number of carbonyl (C=O) groups excluding carboxylic acids is 2. The van der Waals surface area contributed by atoms with E-state index in [-0.39, 0.29) is 35.5 Å². The number of carbonyl (C=O) groups is 2. The molecule has 1 N–H and O–H groups in total. The molecule has 0 fully saturated rings. The van der Waals surface area contributed by atoms with Gasteiger partial charge < -0.3 is 14.3 Å². The fraction of sp³-hybridized carbons (Fsp3) is 0.292. The number of esters is 1. The minimum Gasteiger partial charge on any atom is -0.456 e. The van der Waals surface area contributed by atoms with E-state index in [0.717, 1.165) is 29.9 Å². The molecule has 0 unspecified atom stereocenters. The summed E-state index contributed by atoms with van der Waals surface area (Å²) in [5, 5.41) is 4.29. The maximum Gasteiger partial charge on any atom is 0.328 e. The number of hydrogen-bond donors (Lipinski definition) is 1. The fourth-order valence-corrected chi connectivity index (χ4v) is 4.55. The summed E-state index contributed by atoms with van der Waals surface area (Å²) in [6.45, 7) is 3.23. The van der Waals surface area contributed by atoms with Gasteiger partial charge in [-0.2, -0.15) is 5.10 Å². The van der Waals surface area contributed by atoms with Crippen molar-refractivity contribution in [3.8, 4) is 5.69 Å². The highest BCUT2D eigenvalue weighted by molar-refractivity contribution is 5.99. The zero-order valence-electron chi connectivity index (χ0n) is 18.4. The van der Waals surface area contributed by atoms with Crippen LogP contribution in [0, 0.1) is 13.8 Å². The van der Waals surface area contributed by atoms with Crippen LogP contribution in [0.25, 0.3) is 16.7 Å². The molecule has 4 aromatic rings. The lowest BCUT2D eigenvalue weighted by atomic mass is 10.1. The molecule has 1 aliphatic rings. The fourth-order valence-electron chi connectivity index (χ4n) is 4.55. The number of ketones is 1. The van der Waals surface area contributed by atoms with Crippen molar-refractivity contribution >= 4 is 22.8 Å². The molecular weight excluding hydrogens is 422 g/mol. The molecule has 0 bridgehead atoms. The van der Waals surface area contributed by atoms with Crippen molar-refractivity contribution in [3.63, 3.8) is 0 Å². The van der Waals surface area contributed by atoms with Crippen molar-refractivity contribution in [3.05, 3.63) is 75.2 Å². The summed E-state index contributed by atoms with van der Waals surface area (Å²) < 4.78 is 8.55. The molecule has 9 heteroatoms. The van der Waals surface area contributed by atoms with Gasteiger partial charge in [-0.1, -0.05) is 6.07 Å². The Hall–Kier alpha value is -4.01. The minimum atomic E-state index is -0.636. The quantitative estimate of drug-likeness (QED) is 0.360. The number of nitrogens with one attached hydrogen (secondary N) is 1. The van der Waals surface area contributed by atoms with E-state index in [0.29, 0.717) is 5.56 Å². The van der Waals surface area contributed by atoms with E-state index in [1.54, 1.807) is 0 Å². The molecule has 0 atom stereocenters. The second-order valence-corrected chi connectivity index (χ2v) is 8.28. The van der Waals surface area contributed by atoms with E-state index >= 15 is 0 Å². The second kappa shape index (κ2) is 8.16. The summed E-state index contributed by atoms with van der Waals surface area (Å²) >= 11 is 0. The number of aromatic nitrogens is 5. The summed E-state index contributed by atoms with van der Waals surface area (Å²) in [7, 11) is 0. The topological polar surface area (TPSA) is 112 Å². The number of H-pyrrole nitrogens is 1. The van der Waals surface area contributed by atoms with Crippen LogP contribution in [0.15, 0.2) is 41.6 Å². The summed E-state index contributed by atoms with van der Waals surface area (Å²) in [6.07, 6.45) is 5.97. The van der Waals surface area contributed by atoms with Gasteiger partial charge in [0.15, 0.2) is 12.3 Å². The van der Waals surface area contributed by atoms with E-state index in [4.69, 9.17) is 4.74 Å². The number of nitrogens with zero attached hydrogens (tertiary/aromatic N) is 4. The Morgan fingerprint density at radius 3 is 2.82 bits per heavy atom. The smallest absolute Gasteiger partial charge is 0.328 e. The third-order valence-corrected chi connectivity index (χ3v) is 6.15. The first kappa shape index (κ1) is 20.9. The Labute approximate surface area is 189 Å². The molecule has 0 aliphatic heterocycles. The molecule has 33 heavy (non-hydrogen) atoms. The van der Waals surface area contributed by atoms with E-state index in [1.165, 1.54) is 34.8 Å². The lowest BCUT2D eigenvalue weighted by Gasteiger charge is -2.12. The number of aromatic amines is 1. The van der Waals surface area contributed by atoms with Gasteiger partial charge in [0.2, 0.25) is 5.78 Å². The van der Waals surface area contributed by atoms with Crippen LogP contribution in [0.2, 0.25) is 0 Å². The molecule has 5 rings (SSSR count). The van der Waals surface area contributed by atoms with E-state index < -0.39 is 5.97 Å². The molecule has 9 nitrogen and oxygen atoms in total. The molecule has 0 saturated carbocycles. The van der Waals surface area contributed by atoms with Crippen molar-refractivity contribution in [1.82, 2.24) is 24.3 Å². The van der Waals surface area contributed by atoms with Gasteiger partial charge in [-0.25, -0.2) is 9.67 Å². The minimum absolute atomic E-state index is 0.249. The first-order valence-corrected chi connectivity index (χ1v) is 10.8. The highest BCUT2D eigenvalue weighted by Crippen LogP contribution is 2.27. The largest absolute Gasteiger partial charge is 0.456 e. The Morgan fingerprint density at radius 2 is 1.97 bits per heavy atom. The van der Waals surface area contributed by atoms with Crippen LogP contribution in [-0.4, -0.2) is 42.7 Å². The van der Waals surface area contributed by atoms with Gasteiger partial charge in [0.1, 0.15) is 11.9 Å². The Balaban J connectivity index is 1.29. The molecule has 3 heterocycles. The van der Waals surface area contributed by atoms with Crippen molar-refractivity contribution in [2.24, 2.45) is 0 Å². The van der Waals surface area contributed by atoms with Gasteiger partial charge in [0.25, 0.3) is 5.56 Å². The zero-order chi connectivity index (χ0) is 23.1. The normalized spacial score (nSPS) is 12.8. The van der Waals surface area contributed by atoms with Crippen LogP contribution in [0.5, 0.6) is 0 Å². The summed E-state index contributed by atoms with van der Waals surface area (Å²) in [5.41, 5.74) is 6.02. The van der Waals surface area contributed by atoms with Crippen molar-refractivity contribution in [2.75, 3.05) is 6.61 Å². The van der Waals surface area contributed by atoms with Crippen LogP contribution in [0.3, 0.4) is 0 Å². The first-order chi connectivity index (χ1) is 15.9. The maximum absolute atomic E-state index is 12.8. The highest BCUT2D eigenvalue weighted by atomic mass is 16.5. The van der Waals surface area contributed by atoms with Gasteiger partial charge in [-0.3, -0.25) is 14.4 Å². The standard InChI is InChI=1S/C24H23N5O4/c1-14-8-19(15(2)29(14)18-7-6-16-4-3-5-17(16)9-18)21(30)12-33-22(31)11-28-23-20(10-27-28)24(32)26-13-25-23/h6-10,13H,3-5,11-12H2,1-2H3,(H,25,26,32). The van der Waals surface area contributed by atoms with Gasteiger partial charge >= 0.3 is 5.97 Å². The van der Waals surface area contributed by atoms with Gasteiger partial charge in [0, 0.05) is 22.6 Å². The van der Waals surface area contributed by atoms with Crippen molar-refractivity contribution in [1.29, 1.82) is 0 Å². The Morgan fingerprint density at radius 1 is 1.15 bits per heavy atom. The molecule has 1 aliphatic carbocycles. The molecule has 168 valence electrons. The number of ether oxygens (including phenoxy) is 1. The SMILES string of the molecule is Cc1cc(C(=O)COC(=O)Cn2ncc3c(=O)[nH]cnc32)c(C)n1-c1ccc2c(c1)CCC2. The molecule has 0 spiro atoms. The van der Waals surface area contributed by atoms with Crippen LogP contribution in [-0.2, 0) is 28.9 Å². The predicted octanol–water partition coefficient (Wildman–Crippen LogP) is 2.44. The lowest BCUT2D eigenvalue weighted by molar-refractivity contribution is -0.143. The third-order valence-electron chi connectivity index (χ3n) is 6.15. The molecule has 0 saturated heterocycles. The molecular formula is C24H23N5O4. The van der Waals surface area contributed by atoms with Crippen LogP contribution in [0.4, 0.5) is 0 Å². The molecule has 3 aromatic heterocycles. The lowest BCUT2D eigenvalue weighted by Crippen LogP contribution is -2.20. The third kappa shape index (κ3) is 3.75. The van der Waals surface area contributed by atoms with E-state index in [2.05, 4.69) is 37.8 Å². The number of fused-ring (bicyclic) bond motifs is 2. The zero-order valence-corrected chi connectivity index (χ0v) is 18.4. The van der Waals surface area contributed by atoms with E-state index in [9.17, 15) is 14.4 Å². The van der Waals surface area contributed by atoms with Gasteiger partial charge in [-0.15, -0.1) is 0 Å². The van der Waals surface area contributed by atoms with E-state index in [1.807, 2.05) is 19.9 Å². The predicted molar refractivity (Wildman–Crippen MR) is 121 cm³/mol. The highest BCUT2D eigenvalue weighted by Gasteiger charge is 2.20. The molecule has 1 aromatic carbocycles. The maximum atomic E-state index is 12.8. The first-order valence-electron chi connectivity index (χ1n) is 10.8. The molecule has 0 radical (unpaired) electrons. The number of aryl methyl sites for hydroxylation is 3. The van der Waals surface area contributed by atoms with Crippen LogP contribution in [0.1, 0.15) is 39.3 Å². The van der Waals surface area contributed by atoms with Crippen LogP contribution < -0.4 is 5.56 Å². The monoisotopic (exact) mass is 445 g/mol. The average Bonchev–Trinajstić information content (AvgIpc) is 3.50.